The van der Waals surface area contributed by atoms with E-state index in [4.69, 9.17) is 0 Å². The van der Waals surface area contributed by atoms with E-state index in [1.54, 1.807) is 0 Å². The predicted octanol–water partition coefficient (Wildman–Crippen LogP) is 2.93. The molecule has 0 radical (unpaired) electrons. The molecule has 0 N–H and O–H groups in total. The molecule has 1 rings (SSSR count). The van der Waals surface area contributed by atoms with Crippen LogP contribution in [0.3, 0.4) is 0 Å². The molecule has 0 amide bonds. The maximum absolute atomic E-state index is 12.8. The minimum absolute atomic E-state index is 0.110. The molecule has 72 valence electrons. The molecule has 0 aliphatic carbocycles. The summed E-state index contributed by atoms with van der Waals surface area (Å²) in [6.45, 7) is 0. The van der Waals surface area contributed by atoms with E-state index in [-0.39, 0.29) is 10.5 Å². The lowest BCUT2D eigenvalue weighted by Crippen LogP contribution is -1.97. The molecule has 0 aliphatic rings. The molecular weight excluding hydrogens is 251 g/mol. The van der Waals surface area contributed by atoms with Crippen LogP contribution >= 0.6 is 15.9 Å². The standard InChI is InChI=1S/C7H5BrF3NO/c1-13-7-4(9)2-3(6(10)11)5(8)12-7/h2,6H,1H3. The number of hydrogen-bond acceptors (Lipinski definition) is 2. The molecule has 13 heavy (non-hydrogen) atoms. The lowest BCUT2D eigenvalue weighted by Gasteiger charge is -2.05. The van der Waals surface area contributed by atoms with E-state index in [2.05, 4.69) is 25.7 Å². The second kappa shape index (κ2) is 3.95. The topological polar surface area (TPSA) is 22.1 Å². The third-order valence-corrected chi connectivity index (χ3v) is 1.99. The van der Waals surface area contributed by atoms with Gasteiger partial charge in [0, 0.05) is 0 Å². The summed E-state index contributed by atoms with van der Waals surface area (Å²) in [6, 6.07) is 0.695. The molecule has 0 aliphatic heterocycles. The molecule has 0 unspecified atom stereocenters. The predicted molar refractivity (Wildman–Crippen MR) is 43.4 cm³/mol. The van der Waals surface area contributed by atoms with Crippen LogP contribution in [0, 0.1) is 5.82 Å². The average molecular weight is 256 g/mol. The highest BCUT2D eigenvalue weighted by Gasteiger charge is 2.17. The Bertz CT molecular complexity index is 319. The Morgan fingerprint density at radius 3 is 2.62 bits per heavy atom. The van der Waals surface area contributed by atoms with E-state index < -0.39 is 17.8 Å². The SMILES string of the molecule is COc1nc(Br)c(C(F)F)cc1F. The molecule has 2 nitrogen and oxygen atoms in total. The molecule has 0 saturated carbocycles. The van der Waals surface area contributed by atoms with Crippen LogP contribution in [0.1, 0.15) is 12.0 Å². The molecule has 1 aromatic heterocycles. The highest BCUT2D eigenvalue weighted by molar-refractivity contribution is 9.10. The molecule has 0 fully saturated rings. The van der Waals surface area contributed by atoms with Crippen molar-refractivity contribution >= 4 is 15.9 Å². The van der Waals surface area contributed by atoms with E-state index in [1.807, 2.05) is 0 Å². The molecule has 6 heteroatoms. The van der Waals surface area contributed by atoms with Crippen molar-refractivity contribution in [3.05, 3.63) is 22.1 Å². The van der Waals surface area contributed by atoms with Gasteiger partial charge in [0.05, 0.1) is 12.7 Å². The van der Waals surface area contributed by atoms with E-state index in [9.17, 15) is 13.2 Å². The minimum Gasteiger partial charge on any atom is -0.479 e. The largest absolute Gasteiger partial charge is 0.479 e. The summed E-state index contributed by atoms with van der Waals surface area (Å²) >= 11 is 2.78. The van der Waals surface area contributed by atoms with Crippen LogP contribution in [0.25, 0.3) is 0 Å². The van der Waals surface area contributed by atoms with Crippen LogP contribution in [0.2, 0.25) is 0 Å². The summed E-state index contributed by atoms with van der Waals surface area (Å²) in [6.07, 6.45) is -2.76. The Balaban J connectivity index is 3.20. The number of pyridine rings is 1. The number of halogens is 4. The number of aromatic nitrogens is 1. The zero-order valence-corrected chi connectivity index (χ0v) is 8.11. The number of ether oxygens (including phenoxy) is 1. The van der Waals surface area contributed by atoms with Crippen molar-refractivity contribution in [1.82, 2.24) is 4.98 Å². The third kappa shape index (κ3) is 2.12. The maximum Gasteiger partial charge on any atom is 0.266 e. The fourth-order valence-corrected chi connectivity index (χ4v) is 1.21. The van der Waals surface area contributed by atoms with Crippen LogP contribution < -0.4 is 4.74 Å². The van der Waals surface area contributed by atoms with Gasteiger partial charge in [0.1, 0.15) is 4.60 Å². The Labute approximate surface area is 80.9 Å². The molecule has 0 atom stereocenters. The zero-order chi connectivity index (χ0) is 10.0. The molecule has 1 aromatic rings. The van der Waals surface area contributed by atoms with Crippen LogP contribution in [0.15, 0.2) is 10.7 Å². The van der Waals surface area contributed by atoms with Gasteiger partial charge in [-0.3, -0.25) is 0 Å². The quantitative estimate of drug-likeness (QED) is 0.759. The highest BCUT2D eigenvalue weighted by Crippen LogP contribution is 2.29. The van der Waals surface area contributed by atoms with Crippen LogP contribution in [0.5, 0.6) is 5.88 Å². The van der Waals surface area contributed by atoms with E-state index in [1.165, 1.54) is 7.11 Å². The maximum atomic E-state index is 12.8. The monoisotopic (exact) mass is 255 g/mol. The van der Waals surface area contributed by atoms with Crippen molar-refractivity contribution in [3.8, 4) is 5.88 Å². The van der Waals surface area contributed by atoms with Gasteiger partial charge in [0.25, 0.3) is 12.3 Å². The van der Waals surface area contributed by atoms with Gasteiger partial charge in [-0.25, -0.2) is 18.2 Å². The van der Waals surface area contributed by atoms with Crippen LogP contribution in [-0.2, 0) is 0 Å². The summed E-state index contributed by atoms with van der Waals surface area (Å²) in [5.41, 5.74) is -0.488. The minimum atomic E-state index is -2.76. The van der Waals surface area contributed by atoms with E-state index in [0.29, 0.717) is 6.07 Å². The van der Waals surface area contributed by atoms with Gasteiger partial charge in [0.15, 0.2) is 5.82 Å². The Morgan fingerprint density at radius 2 is 2.15 bits per heavy atom. The second-order valence-electron chi connectivity index (χ2n) is 2.16. The Kier molecular flexibility index (Phi) is 3.13. The molecule has 0 spiro atoms. The van der Waals surface area contributed by atoms with Gasteiger partial charge in [0.2, 0.25) is 0 Å². The number of alkyl halides is 2. The first kappa shape index (κ1) is 10.3. The van der Waals surface area contributed by atoms with Gasteiger partial charge in [-0.15, -0.1) is 0 Å². The van der Waals surface area contributed by atoms with Crippen LogP contribution in [-0.4, -0.2) is 12.1 Å². The summed E-state index contributed by atoms with van der Waals surface area (Å²) in [5.74, 6) is -1.21. The van der Waals surface area contributed by atoms with Crippen molar-refractivity contribution < 1.29 is 17.9 Å². The van der Waals surface area contributed by atoms with E-state index in [0.717, 1.165) is 0 Å². The second-order valence-corrected chi connectivity index (χ2v) is 2.91. The molecule has 0 saturated heterocycles. The first-order chi connectivity index (χ1) is 6.06. The normalized spacial score (nSPS) is 10.6. The fourth-order valence-electron chi connectivity index (χ4n) is 0.761. The number of hydrogen-bond donors (Lipinski definition) is 0. The van der Waals surface area contributed by atoms with Crippen molar-refractivity contribution in [2.24, 2.45) is 0 Å². The number of methoxy groups -OCH3 is 1. The van der Waals surface area contributed by atoms with Gasteiger partial charge in [-0.1, -0.05) is 0 Å². The van der Waals surface area contributed by atoms with Crippen LogP contribution in [0.4, 0.5) is 13.2 Å². The molecule has 0 aromatic carbocycles. The molecule has 0 bridgehead atoms. The molecular formula is C7H5BrF3NO. The third-order valence-electron chi connectivity index (χ3n) is 1.35. The summed E-state index contributed by atoms with van der Waals surface area (Å²) < 4.78 is 41.6. The van der Waals surface area contributed by atoms with E-state index >= 15 is 0 Å². The Morgan fingerprint density at radius 1 is 1.54 bits per heavy atom. The zero-order valence-electron chi connectivity index (χ0n) is 6.52. The Hall–Kier alpha value is -0.780. The summed E-state index contributed by atoms with van der Waals surface area (Å²) in [5, 5.41) is 0. The highest BCUT2D eigenvalue weighted by atomic mass is 79.9. The first-order valence-electron chi connectivity index (χ1n) is 3.24. The van der Waals surface area contributed by atoms with Crippen molar-refractivity contribution in [2.75, 3.05) is 7.11 Å². The lowest BCUT2D eigenvalue weighted by molar-refractivity contribution is 0.149. The van der Waals surface area contributed by atoms with Gasteiger partial charge >= 0.3 is 0 Å². The number of nitrogens with zero attached hydrogens (tertiary/aromatic N) is 1. The van der Waals surface area contributed by atoms with Crippen molar-refractivity contribution in [1.29, 1.82) is 0 Å². The van der Waals surface area contributed by atoms with Gasteiger partial charge in [-0.2, -0.15) is 0 Å². The summed E-state index contributed by atoms with van der Waals surface area (Å²) in [4.78, 5) is 3.45. The van der Waals surface area contributed by atoms with Crippen molar-refractivity contribution in [3.63, 3.8) is 0 Å². The van der Waals surface area contributed by atoms with Crippen molar-refractivity contribution in [2.45, 2.75) is 6.43 Å². The van der Waals surface area contributed by atoms with Gasteiger partial charge in [-0.05, 0) is 22.0 Å². The number of rotatable bonds is 2. The lowest BCUT2D eigenvalue weighted by atomic mass is 10.3. The fraction of sp³-hybridized carbons (Fsp3) is 0.286. The van der Waals surface area contributed by atoms with Gasteiger partial charge < -0.3 is 4.74 Å². The average Bonchev–Trinajstić information content (AvgIpc) is 2.07. The first-order valence-corrected chi connectivity index (χ1v) is 4.03. The smallest absolute Gasteiger partial charge is 0.266 e. The molecule has 1 heterocycles. The summed E-state index contributed by atoms with van der Waals surface area (Å²) in [7, 11) is 1.21.